The molecule has 102 valence electrons. The first-order valence-electron chi connectivity index (χ1n) is 6.68. The molecular weight excluding hydrogens is 326 g/mol. The molecule has 0 fully saturated rings. The number of halogens is 1. The third-order valence-corrected chi connectivity index (χ3v) is 3.91. The number of nitrogens with one attached hydrogen (secondary N) is 1. The largest absolute Gasteiger partial charge is 0.355 e. The lowest BCUT2D eigenvalue weighted by Gasteiger charge is -1.89. The van der Waals surface area contributed by atoms with Gasteiger partial charge in [-0.05, 0) is 42.5 Å². The Hall–Kier alpha value is -2.33. The lowest BCUT2D eigenvalue weighted by Crippen LogP contribution is -1.77. The number of fused-ring (bicyclic) bond motifs is 2. The molecule has 0 atom stereocenters. The summed E-state index contributed by atoms with van der Waals surface area (Å²) in [6.45, 7) is 0. The fourth-order valence-electron chi connectivity index (χ4n) is 2.42. The van der Waals surface area contributed by atoms with Gasteiger partial charge in [-0.2, -0.15) is 0 Å². The molecule has 3 heterocycles. The minimum absolute atomic E-state index is 0.945. The molecular formula is C17H12BrN3. The van der Waals surface area contributed by atoms with Crippen molar-refractivity contribution < 1.29 is 0 Å². The zero-order valence-corrected chi connectivity index (χ0v) is 12.7. The van der Waals surface area contributed by atoms with Crippen LogP contribution in [0.25, 0.3) is 28.7 Å². The Kier molecular flexibility index (Phi) is 2.89. The molecule has 0 spiro atoms. The van der Waals surface area contributed by atoms with Gasteiger partial charge in [0.15, 0.2) is 0 Å². The fraction of sp³-hybridized carbons (Fsp3) is 0. The molecule has 0 saturated carbocycles. The minimum Gasteiger partial charge on any atom is -0.355 e. The quantitative estimate of drug-likeness (QED) is 0.562. The third-order valence-electron chi connectivity index (χ3n) is 3.42. The summed E-state index contributed by atoms with van der Waals surface area (Å²) in [5.74, 6) is 0. The van der Waals surface area contributed by atoms with Crippen LogP contribution in [0.4, 0.5) is 0 Å². The molecule has 0 amide bonds. The smallest absolute Gasteiger partial charge is 0.137 e. The predicted octanol–water partition coefficient (Wildman–Crippen LogP) is 4.75. The van der Waals surface area contributed by atoms with Crippen molar-refractivity contribution in [3.8, 4) is 0 Å². The van der Waals surface area contributed by atoms with Crippen molar-refractivity contribution >= 4 is 44.6 Å². The number of aromatic nitrogens is 3. The van der Waals surface area contributed by atoms with Gasteiger partial charge < -0.3 is 9.38 Å². The summed E-state index contributed by atoms with van der Waals surface area (Å²) >= 11 is 3.49. The SMILES string of the molecule is Brc1ccc2cc(C=Cc3cn4ccccc4n3)[nH]c2c1. The molecule has 0 bridgehead atoms. The second-order valence-corrected chi connectivity index (χ2v) is 5.84. The van der Waals surface area contributed by atoms with Crippen LogP contribution in [0.15, 0.2) is 59.3 Å². The lowest BCUT2D eigenvalue weighted by molar-refractivity contribution is 1.19. The minimum atomic E-state index is 0.945. The molecule has 4 rings (SSSR count). The van der Waals surface area contributed by atoms with Gasteiger partial charge in [0.1, 0.15) is 5.65 Å². The molecule has 1 N–H and O–H groups in total. The van der Waals surface area contributed by atoms with Crippen LogP contribution >= 0.6 is 15.9 Å². The van der Waals surface area contributed by atoms with Crippen molar-refractivity contribution in [2.45, 2.75) is 0 Å². The third kappa shape index (κ3) is 2.38. The summed E-state index contributed by atoms with van der Waals surface area (Å²) in [6, 6.07) is 14.3. The Morgan fingerprint density at radius 1 is 1.10 bits per heavy atom. The van der Waals surface area contributed by atoms with Gasteiger partial charge in [0.05, 0.1) is 5.69 Å². The van der Waals surface area contributed by atoms with Gasteiger partial charge in [-0.25, -0.2) is 4.98 Å². The molecule has 1 aromatic carbocycles. The van der Waals surface area contributed by atoms with Crippen LogP contribution < -0.4 is 0 Å². The Labute approximate surface area is 130 Å². The summed E-state index contributed by atoms with van der Waals surface area (Å²) < 4.78 is 3.09. The van der Waals surface area contributed by atoms with Gasteiger partial charge >= 0.3 is 0 Å². The van der Waals surface area contributed by atoms with E-state index in [0.29, 0.717) is 0 Å². The number of imidazole rings is 1. The Balaban J connectivity index is 1.69. The first kappa shape index (κ1) is 12.4. The number of nitrogens with zero attached hydrogens (tertiary/aromatic N) is 2. The molecule has 4 heteroatoms. The van der Waals surface area contributed by atoms with Crippen LogP contribution in [-0.2, 0) is 0 Å². The number of pyridine rings is 1. The van der Waals surface area contributed by atoms with Crippen molar-refractivity contribution in [3.63, 3.8) is 0 Å². The van der Waals surface area contributed by atoms with Crippen molar-refractivity contribution in [2.24, 2.45) is 0 Å². The molecule has 0 radical (unpaired) electrons. The van der Waals surface area contributed by atoms with Crippen LogP contribution in [0.1, 0.15) is 11.4 Å². The molecule has 0 aliphatic rings. The van der Waals surface area contributed by atoms with E-state index in [9.17, 15) is 0 Å². The van der Waals surface area contributed by atoms with Crippen LogP contribution in [0.3, 0.4) is 0 Å². The summed E-state index contributed by atoms with van der Waals surface area (Å²) in [6.07, 6.45) is 8.09. The zero-order chi connectivity index (χ0) is 14.2. The number of H-pyrrole nitrogens is 1. The maximum absolute atomic E-state index is 4.55. The van der Waals surface area contributed by atoms with E-state index in [0.717, 1.165) is 27.0 Å². The topological polar surface area (TPSA) is 33.1 Å². The number of hydrogen-bond acceptors (Lipinski definition) is 1. The maximum atomic E-state index is 4.55. The maximum Gasteiger partial charge on any atom is 0.137 e. The molecule has 0 unspecified atom stereocenters. The zero-order valence-electron chi connectivity index (χ0n) is 11.1. The van der Waals surface area contributed by atoms with E-state index >= 15 is 0 Å². The highest BCUT2D eigenvalue weighted by molar-refractivity contribution is 9.10. The van der Waals surface area contributed by atoms with Crippen LogP contribution in [-0.4, -0.2) is 14.4 Å². The highest BCUT2D eigenvalue weighted by Gasteiger charge is 2.00. The predicted molar refractivity (Wildman–Crippen MR) is 90.1 cm³/mol. The molecule has 3 nitrogen and oxygen atoms in total. The average Bonchev–Trinajstić information content (AvgIpc) is 3.07. The summed E-state index contributed by atoms with van der Waals surface area (Å²) in [5.41, 5.74) is 4.10. The van der Waals surface area contributed by atoms with Crippen LogP contribution in [0.5, 0.6) is 0 Å². The molecule has 3 aromatic heterocycles. The van der Waals surface area contributed by atoms with Crippen molar-refractivity contribution in [1.82, 2.24) is 14.4 Å². The number of aromatic amines is 1. The normalized spacial score (nSPS) is 11.9. The number of hydrogen-bond donors (Lipinski definition) is 1. The average molecular weight is 338 g/mol. The number of benzene rings is 1. The summed E-state index contributed by atoms with van der Waals surface area (Å²) in [4.78, 5) is 7.94. The summed E-state index contributed by atoms with van der Waals surface area (Å²) in [7, 11) is 0. The monoisotopic (exact) mass is 337 g/mol. The molecule has 0 saturated heterocycles. The second kappa shape index (κ2) is 4.90. The van der Waals surface area contributed by atoms with Gasteiger partial charge in [0, 0.05) is 33.5 Å². The van der Waals surface area contributed by atoms with E-state index in [1.165, 1.54) is 5.39 Å². The number of rotatable bonds is 2. The second-order valence-electron chi connectivity index (χ2n) is 4.92. The van der Waals surface area contributed by atoms with Crippen molar-refractivity contribution in [3.05, 3.63) is 70.7 Å². The molecule has 0 aliphatic heterocycles. The van der Waals surface area contributed by atoms with E-state index < -0.39 is 0 Å². The van der Waals surface area contributed by atoms with Gasteiger partial charge in [-0.3, -0.25) is 0 Å². The van der Waals surface area contributed by atoms with Gasteiger partial charge in [0.2, 0.25) is 0 Å². The standard InChI is InChI=1S/C17H12BrN3/c18-13-5-4-12-9-14(19-16(12)10-13)6-7-15-11-21-8-2-1-3-17(21)20-15/h1-11,19H. The Bertz CT molecular complexity index is 929. The van der Waals surface area contributed by atoms with E-state index in [-0.39, 0.29) is 0 Å². The highest BCUT2D eigenvalue weighted by atomic mass is 79.9. The van der Waals surface area contributed by atoms with Crippen LogP contribution in [0, 0.1) is 0 Å². The van der Waals surface area contributed by atoms with E-state index in [1.54, 1.807) is 0 Å². The van der Waals surface area contributed by atoms with Crippen LogP contribution in [0.2, 0.25) is 0 Å². The summed E-state index contributed by atoms with van der Waals surface area (Å²) in [5, 5.41) is 1.20. The molecule has 21 heavy (non-hydrogen) atoms. The van der Waals surface area contributed by atoms with E-state index in [1.807, 2.05) is 47.1 Å². The van der Waals surface area contributed by atoms with E-state index in [2.05, 4.69) is 50.2 Å². The Morgan fingerprint density at radius 3 is 2.95 bits per heavy atom. The van der Waals surface area contributed by atoms with Gasteiger partial charge in [-0.15, -0.1) is 0 Å². The lowest BCUT2D eigenvalue weighted by atomic mass is 10.2. The fourth-order valence-corrected chi connectivity index (χ4v) is 2.78. The first-order valence-corrected chi connectivity index (χ1v) is 7.47. The molecule has 0 aliphatic carbocycles. The molecule has 4 aromatic rings. The van der Waals surface area contributed by atoms with E-state index in [4.69, 9.17) is 0 Å². The van der Waals surface area contributed by atoms with Gasteiger partial charge in [0.25, 0.3) is 0 Å². The van der Waals surface area contributed by atoms with Crippen molar-refractivity contribution in [2.75, 3.05) is 0 Å². The van der Waals surface area contributed by atoms with Gasteiger partial charge in [-0.1, -0.05) is 28.1 Å². The Morgan fingerprint density at radius 2 is 2.05 bits per heavy atom. The first-order chi connectivity index (χ1) is 10.3. The highest BCUT2D eigenvalue weighted by Crippen LogP contribution is 2.21. The van der Waals surface area contributed by atoms with Crippen molar-refractivity contribution in [1.29, 1.82) is 0 Å².